The van der Waals surface area contributed by atoms with Crippen LogP contribution in [0.4, 0.5) is 14.9 Å². The van der Waals surface area contributed by atoms with E-state index in [1.807, 2.05) is 0 Å². The third-order valence-corrected chi connectivity index (χ3v) is 3.98. The number of para-hydroxylation sites is 1. The van der Waals surface area contributed by atoms with Crippen molar-refractivity contribution in [3.63, 3.8) is 0 Å². The lowest BCUT2D eigenvalue weighted by Crippen LogP contribution is -2.62. The zero-order valence-corrected chi connectivity index (χ0v) is 10.9. The normalized spacial score (nSPS) is 21.9. The van der Waals surface area contributed by atoms with Gasteiger partial charge in [0.15, 0.2) is 0 Å². The first-order valence-corrected chi connectivity index (χ1v) is 6.59. The van der Waals surface area contributed by atoms with Gasteiger partial charge in [-0.3, -0.25) is 4.79 Å². The second-order valence-corrected chi connectivity index (χ2v) is 5.14. The van der Waals surface area contributed by atoms with Crippen molar-refractivity contribution in [3.8, 4) is 0 Å². The van der Waals surface area contributed by atoms with Gasteiger partial charge in [0.05, 0.1) is 11.1 Å². The number of amides is 3. The number of urea groups is 1. The molecule has 6 heteroatoms. The molecule has 2 saturated heterocycles. The van der Waals surface area contributed by atoms with E-state index in [2.05, 4.69) is 5.32 Å². The number of nitrogens with zero attached hydrogens (tertiary/aromatic N) is 1. The van der Waals surface area contributed by atoms with E-state index < -0.39 is 17.3 Å². The molecule has 106 valence electrons. The highest BCUT2D eigenvalue weighted by atomic mass is 19.1. The van der Waals surface area contributed by atoms with E-state index in [-0.39, 0.29) is 11.6 Å². The predicted octanol–water partition coefficient (Wildman–Crippen LogP) is 1.68. The van der Waals surface area contributed by atoms with E-state index in [0.717, 1.165) is 4.90 Å². The molecule has 1 spiro atoms. The molecule has 20 heavy (non-hydrogen) atoms. The first kappa shape index (κ1) is 13.1. The molecule has 1 aromatic rings. The number of ether oxygens (including phenoxy) is 1. The Hall–Kier alpha value is -1.95. The average molecular weight is 278 g/mol. The molecule has 0 atom stereocenters. The molecule has 3 rings (SSSR count). The van der Waals surface area contributed by atoms with Crippen molar-refractivity contribution in [3.05, 3.63) is 30.1 Å². The van der Waals surface area contributed by atoms with Crippen LogP contribution in [0.2, 0.25) is 0 Å². The molecule has 3 amide bonds. The molecule has 2 heterocycles. The van der Waals surface area contributed by atoms with Crippen molar-refractivity contribution in [1.82, 2.24) is 5.32 Å². The van der Waals surface area contributed by atoms with E-state index in [9.17, 15) is 14.0 Å². The van der Waals surface area contributed by atoms with Gasteiger partial charge in [0.25, 0.3) is 0 Å². The molecule has 1 aromatic carbocycles. The third kappa shape index (κ3) is 1.96. The molecule has 0 radical (unpaired) electrons. The quantitative estimate of drug-likeness (QED) is 0.850. The highest BCUT2D eigenvalue weighted by Crippen LogP contribution is 2.36. The molecule has 0 unspecified atom stereocenters. The van der Waals surface area contributed by atoms with Crippen molar-refractivity contribution in [1.29, 1.82) is 0 Å². The van der Waals surface area contributed by atoms with E-state index in [1.165, 1.54) is 18.2 Å². The fourth-order valence-electron chi connectivity index (χ4n) is 2.73. The first-order valence-electron chi connectivity index (χ1n) is 6.59. The second-order valence-electron chi connectivity index (χ2n) is 5.14. The molecule has 0 aromatic heterocycles. The molecule has 1 N–H and O–H groups in total. The van der Waals surface area contributed by atoms with Crippen LogP contribution in [0.15, 0.2) is 24.3 Å². The standard InChI is InChI=1S/C14H15FN2O3/c15-10-3-1-2-4-11(10)17-12(18)14(9-16-13(17)19)5-7-20-8-6-14/h1-4H,5-9H2,(H,16,19). The van der Waals surface area contributed by atoms with E-state index in [4.69, 9.17) is 4.74 Å². The first-order chi connectivity index (χ1) is 9.64. The summed E-state index contributed by atoms with van der Waals surface area (Å²) in [5.74, 6) is -0.922. The van der Waals surface area contributed by atoms with Gasteiger partial charge in [0.1, 0.15) is 5.82 Å². The lowest BCUT2D eigenvalue weighted by atomic mass is 9.77. The topological polar surface area (TPSA) is 58.6 Å². The van der Waals surface area contributed by atoms with Gasteiger partial charge in [-0.15, -0.1) is 0 Å². The predicted molar refractivity (Wildman–Crippen MR) is 69.8 cm³/mol. The highest BCUT2D eigenvalue weighted by molar-refractivity contribution is 6.18. The highest BCUT2D eigenvalue weighted by Gasteiger charge is 2.48. The number of nitrogens with one attached hydrogen (secondary N) is 1. The van der Waals surface area contributed by atoms with Crippen LogP contribution in [-0.4, -0.2) is 31.7 Å². The Morgan fingerprint density at radius 3 is 2.60 bits per heavy atom. The van der Waals surface area contributed by atoms with Gasteiger partial charge in [-0.25, -0.2) is 14.1 Å². The summed E-state index contributed by atoms with van der Waals surface area (Å²) in [6, 6.07) is 5.23. The van der Waals surface area contributed by atoms with Crippen LogP contribution < -0.4 is 10.2 Å². The Morgan fingerprint density at radius 2 is 1.90 bits per heavy atom. The van der Waals surface area contributed by atoms with Crippen molar-refractivity contribution in [2.75, 3.05) is 24.7 Å². The van der Waals surface area contributed by atoms with E-state index in [0.29, 0.717) is 32.6 Å². The SMILES string of the molecule is O=C1NCC2(CCOCC2)C(=O)N1c1ccccc1F. The smallest absolute Gasteiger partial charge is 0.328 e. The van der Waals surface area contributed by atoms with Gasteiger partial charge in [-0.2, -0.15) is 0 Å². The van der Waals surface area contributed by atoms with Crippen molar-refractivity contribution >= 4 is 17.6 Å². The van der Waals surface area contributed by atoms with Gasteiger partial charge < -0.3 is 10.1 Å². The number of imide groups is 1. The maximum Gasteiger partial charge on any atom is 0.328 e. The summed E-state index contributed by atoms with van der Waals surface area (Å²) in [6.07, 6.45) is 1.08. The summed E-state index contributed by atoms with van der Waals surface area (Å²) in [6.45, 7) is 1.25. The second kappa shape index (κ2) is 4.86. The molecular formula is C14H15FN2O3. The van der Waals surface area contributed by atoms with Gasteiger partial charge in [-0.05, 0) is 25.0 Å². The number of hydrogen-bond donors (Lipinski definition) is 1. The Bertz CT molecular complexity index is 555. The molecular weight excluding hydrogens is 263 g/mol. The number of hydrogen-bond acceptors (Lipinski definition) is 3. The van der Waals surface area contributed by atoms with Crippen molar-refractivity contribution in [2.24, 2.45) is 5.41 Å². The van der Waals surface area contributed by atoms with Crippen LogP contribution in [0.5, 0.6) is 0 Å². The molecule has 0 bridgehead atoms. The van der Waals surface area contributed by atoms with Crippen molar-refractivity contribution in [2.45, 2.75) is 12.8 Å². The van der Waals surface area contributed by atoms with Crippen LogP contribution in [0.25, 0.3) is 0 Å². The summed E-state index contributed by atoms with van der Waals surface area (Å²) < 4.78 is 19.2. The number of halogens is 1. The van der Waals surface area contributed by atoms with Gasteiger partial charge in [-0.1, -0.05) is 12.1 Å². The summed E-state index contributed by atoms with van der Waals surface area (Å²) >= 11 is 0. The van der Waals surface area contributed by atoms with Gasteiger partial charge >= 0.3 is 6.03 Å². The largest absolute Gasteiger partial charge is 0.381 e. The molecule has 2 aliphatic heterocycles. The van der Waals surface area contributed by atoms with Gasteiger partial charge in [0, 0.05) is 19.8 Å². The maximum absolute atomic E-state index is 13.9. The zero-order chi connectivity index (χ0) is 14.2. The minimum Gasteiger partial charge on any atom is -0.381 e. The van der Waals surface area contributed by atoms with Crippen LogP contribution in [-0.2, 0) is 9.53 Å². The lowest BCUT2D eigenvalue weighted by molar-refractivity contribution is -0.133. The molecule has 0 aliphatic carbocycles. The molecule has 5 nitrogen and oxygen atoms in total. The number of rotatable bonds is 1. The molecule has 2 fully saturated rings. The zero-order valence-electron chi connectivity index (χ0n) is 10.9. The monoisotopic (exact) mass is 278 g/mol. The number of carbonyl (C=O) groups is 2. The Labute approximate surface area is 115 Å². The summed E-state index contributed by atoms with van der Waals surface area (Å²) in [5.41, 5.74) is -0.672. The van der Waals surface area contributed by atoms with Crippen LogP contribution in [0.3, 0.4) is 0 Å². The van der Waals surface area contributed by atoms with Crippen LogP contribution >= 0.6 is 0 Å². The van der Waals surface area contributed by atoms with E-state index >= 15 is 0 Å². The number of carbonyl (C=O) groups excluding carboxylic acids is 2. The fourth-order valence-corrected chi connectivity index (χ4v) is 2.73. The summed E-state index contributed by atoms with van der Waals surface area (Å²) in [7, 11) is 0. The minimum absolute atomic E-state index is 0.000525. The average Bonchev–Trinajstić information content (AvgIpc) is 2.47. The maximum atomic E-state index is 13.9. The number of anilines is 1. The van der Waals surface area contributed by atoms with Gasteiger partial charge in [0.2, 0.25) is 5.91 Å². The van der Waals surface area contributed by atoms with Crippen molar-refractivity contribution < 1.29 is 18.7 Å². The van der Waals surface area contributed by atoms with E-state index in [1.54, 1.807) is 6.07 Å². The molecule has 0 saturated carbocycles. The summed E-state index contributed by atoms with van der Waals surface area (Å²) in [5, 5.41) is 2.69. The van der Waals surface area contributed by atoms with Crippen LogP contribution in [0, 0.1) is 11.2 Å². The minimum atomic E-state index is -0.672. The Morgan fingerprint density at radius 1 is 1.20 bits per heavy atom. The summed E-state index contributed by atoms with van der Waals surface area (Å²) in [4.78, 5) is 25.6. The Balaban J connectivity index is 1.98. The third-order valence-electron chi connectivity index (χ3n) is 3.98. The van der Waals surface area contributed by atoms with Crippen LogP contribution in [0.1, 0.15) is 12.8 Å². The lowest BCUT2D eigenvalue weighted by Gasteiger charge is -2.42. The Kier molecular flexibility index (Phi) is 3.17. The fraction of sp³-hybridized carbons (Fsp3) is 0.429. The number of benzene rings is 1. The molecule has 2 aliphatic rings.